The van der Waals surface area contributed by atoms with Crippen LogP contribution in [0.1, 0.15) is 97.0 Å². The summed E-state index contributed by atoms with van der Waals surface area (Å²) in [6, 6.07) is 3.82. The van der Waals surface area contributed by atoms with E-state index in [4.69, 9.17) is 23.7 Å². The van der Waals surface area contributed by atoms with E-state index in [2.05, 4.69) is 27.7 Å². The fourth-order valence-corrected chi connectivity index (χ4v) is 5.42. The van der Waals surface area contributed by atoms with Crippen molar-refractivity contribution in [2.45, 2.75) is 104 Å². The van der Waals surface area contributed by atoms with E-state index in [0.717, 1.165) is 56.9 Å². The molecule has 1 fully saturated rings. The number of methoxy groups -OCH3 is 3. The van der Waals surface area contributed by atoms with Crippen LogP contribution in [0.3, 0.4) is 0 Å². The first-order chi connectivity index (χ1) is 17.4. The van der Waals surface area contributed by atoms with E-state index in [-0.39, 0.29) is 24.2 Å². The molecule has 0 amide bonds. The van der Waals surface area contributed by atoms with Gasteiger partial charge in [0.2, 0.25) is 5.75 Å². The van der Waals surface area contributed by atoms with Crippen LogP contribution in [-0.2, 0) is 19.1 Å². The highest BCUT2D eigenvalue weighted by Crippen LogP contribution is 2.46. The van der Waals surface area contributed by atoms with E-state index in [9.17, 15) is 9.59 Å². The zero-order valence-corrected chi connectivity index (χ0v) is 23.3. The van der Waals surface area contributed by atoms with Gasteiger partial charge >= 0.3 is 11.9 Å². The van der Waals surface area contributed by atoms with Crippen molar-refractivity contribution in [2.24, 2.45) is 11.8 Å². The van der Waals surface area contributed by atoms with Gasteiger partial charge in [-0.05, 0) is 55.2 Å². The highest BCUT2D eigenvalue weighted by molar-refractivity contribution is 5.91. The van der Waals surface area contributed by atoms with Gasteiger partial charge in [-0.1, -0.05) is 53.4 Å². The SMILES string of the molecule is CCCCC(CC)C1OC(=O)CC(=O)OC(C(CC)CCCC)C1c1cc(OC)c(OC)c(OC)c1. The summed E-state index contributed by atoms with van der Waals surface area (Å²) in [5, 5.41) is 0. The maximum Gasteiger partial charge on any atom is 0.317 e. The van der Waals surface area contributed by atoms with Crippen LogP contribution >= 0.6 is 0 Å². The van der Waals surface area contributed by atoms with Crippen molar-refractivity contribution < 1.29 is 33.3 Å². The summed E-state index contributed by atoms with van der Waals surface area (Å²) in [6.07, 6.45) is 6.50. The number of cyclic esters (lactones) is 2. The summed E-state index contributed by atoms with van der Waals surface area (Å²) in [5.74, 6) is 0.361. The zero-order valence-electron chi connectivity index (χ0n) is 23.3. The Balaban J connectivity index is 2.78. The maximum absolute atomic E-state index is 12.8. The zero-order chi connectivity index (χ0) is 26.7. The van der Waals surface area contributed by atoms with E-state index in [0.29, 0.717) is 17.2 Å². The average Bonchev–Trinajstić information content (AvgIpc) is 2.87. The Morgan fingerprint density at radius 1 is 0.778 bits per heavy atom. The summed E-state index contributed by atoms with van der Waals surface area (Å²) in [6.45, 7) is 8.59. The van der Waals surface area contributed by atoms with E-state index < -0.39 is 24.1 Å². The molecule has 0 aromatic heterocycles. The fourth-order valence-electron chi connectivity index (χ4n) is 5.42. The molecule has 0 aliphatic carbocycles. The molecule has 0 spiro atoms. The normalized spacial score (nSPS) is 22.0. The molecule has 2 rings (SSSR count). The van der Waals surface area contributed by atoms with Gasteiger partial charge in [-0.25, -0.2) is 0 Å². The Bertz CT molecular complexity index is 776. The molecule has 36 heavy (non-hydrogen) atoms. The van der Waals surface area contributed by atoms with Gasteiger partial charge in [0.25, 0.3) is 0 Å². The van der Waals surface area contributed by atoms with Gasteiger partial charge in [-0.15, -0.1) is 0 Å². The third kappa shape index (κ3) is 7.30. The molecular weight excluding hydrogens is 460 g/mol. The number of hydrogen-bond acceptors (Lipinski definition) is 7. The van der Waals surface area contributed by atoms with Gasteiger partial charge in [-0.2, -0.15) is 0 Å². The molecule has 1 saturated heterocycles. The Labute approximate surface area is 217 Å². The second kappa shape index (κ2) is 15.0. The van der Waals surface area contributed by atoms with Gasteiger partial charge in [-0.3, -0.25) is 9.59 Å². The van der Waals surface area contributed by atoms with Crippen molar-refractivity contribution in [3.63, 3.8) is 0 Å². The van der Waals surface area contributed by atoms with Crippen molar-refractivity contribution in [1.82, 2.24) is 0 Å². The van der Waals surface area contributed by atoms with Gasteiger partial charge in [0.1, 0.15) is 18.6 Å². The van der Waals surface area contributed by atoms with E-state index in [1.807, 2.05) is 12.1 Å². The minimum Gasteiger partial charge on any atom is -0.493 e. The molecule has 4 atom stereocenters. The van der Waals surface area contributed by atoms with Crippen molar-refractivity contribution >= 4 is 11.9 Å². The number of esters is 2. The van der Waals surface area contributed by atoms with Crippen molar-refractivity contribution in [1.29, 1.82) is 0 Å². The van der Waals surface area contributed by atoms with Crippen LogP contribution in [-0.4, -0.2) is 45.5 Å². The Kier molecular flexibility index (Phi) is 12.4. The second-order valence-corrected chi connectivity index (χ2v) is 9.69. The molecule has 1 aromatic carbocycles. The topological polar surface area (TPSA) is 80.3 Å². The third-order valence-corrected chi connectivity index (χ3v) is 7.44. The summed E-state index contributed by atoms with van der Waals surface area (Å²) in [7, 11) is 4.74. The molecule has 0 saturated carbocycles. The molecule has 0 radical (unpaired) electrons. The van der Waals surface area contributed by atoms with Crippen LogP contribution < -0.4 is 14.2 Å². The minimum atomic E-state index is -0.530. The molecule has 7 heteroatoms. The molecule has 0 bridgehead atoms. The van der Waals surface area contributed by atoms with Crippen LogP contribution in [0.4, 0.5) is 0 Å². The van der Waals surface area contributed by atoms with Crippen molar-refractivity contribution in [2.75, 3.05) is 21.3 Å². The molecule has 1 heterocycles. The molecule has 1 aliphatic rings. The van der Waals surface area contributed by atoms with Crippen molar-refractivity contribution in [3.8, 4) is 17.2 Å². The Hall–Kier alpha value is -2.44. The smallest absolute Gasteiger partial charge is 0.317 e. The fraction of sp³-hybridized carbons (Fsp3) is 0.724. The predicted octanol–water partition coefficient (Wildman–Crippen LogP) is 6.46. The molecule has 4 unspecified atom stereocenters. The molecule has 0 N–H and O–H groups in total. The second-order valence-electron chi connectivity index (χ2n) is 9.69. The number of unbranched alkanes of at least 4 members (excludes halogenated alkanes) is 2. The Morgan fingerprint density at radius 2 is 1.22 bits per heavy atom. The summed E-state index contributed by atoms with van der Waals surface area (Å²) in [5.41, 5.74) is 0.854. The van der Waals surface area contributed by atoms with E-state index >= 15 is 0 Å². The molecular formula is C29H46O7. The number of hydrogen-bond donors (Lipinski definition) is 0. The number of carbonyl (C=O) groups is 2. The van der Waals surface area contributed by atoms with Gasteiger partial charge in [0, 0.05) is 0 Å². The lowest BCUT2D eigenvalue weighted by Gasteiger charge is -2.42. The highest BCUT2D eigenvalue weighted by atomic mass is 16.6. The number of carbonyl (C=O) groups excluding carboxylic acids is 2. The number of benzene rings is 1. The number of rotatable bonds is 14. The maximum atomic E-state index is 12.8. The lowest BCUT2D eigenvalue weighted by atomic mass is 9.73. The first kappa shape index (κ1) is 29.8. The van der Waals surface area contributed by atoms with E-state index in [1.54, 1.807) is 21.3 Å². The molecule has 204 valence electrons. The average molecular weight is 507 g/mol. The summed E-state index contributed by atoms with van der Waals surface area (Å²) in [4.78, 5) is 25.6. The van der Waals surface area contributed by atoms with Gasteiger partial charge < -0.3 is 23.7 Å². The van der Waals surface area contributed by atoms with Gasteiger partial charge in [0.05, 0.1) is 27.2 Å². The monoisotopic (exact) mass is 506 g/mol. The van der Waals surface area contributed by atoms with E-state index in [1.165, 1.54) is 0 Å². The summed E-state index contributed by atoms with van der Waals surface area (Å²) >= 11 is 0. The van der Waals surface area contributed by atoms with Crippen LogP contribution in [0, 0.1) is 11.8 Å². The lowest BCUT2D eigenvalue weighted by molar-refractivity contribution is -0.177. The standard InChI is InChI=1S/C29H46O7/c1-8-12-14-19(10-3)27-26(21-16-22(32-5)29(34-7)23(17-21)33-6)28(20(11-4)15-13-9-2)36-25(31)18-24(30)35-27/h16-17,19-20,26-28H,8-15,18H2,1-7H3. The highest BCUT2D eigenvalue weighted by Gasteiger charge is 2.45. The lowest BCUT2D eigenvalue weighted by Crippen LogP contribution is -2.46. The quantitative estimate of drug-likeness (QED) is 0.212. The molecule has 1 aliphatic heterocycles. The van der Waals surface area contributed by atoms with Crippen LogP contribution in [0.5, 0.6) is 17.2 Å². The van der Waals surface area contributed by atoms with Crippen LogP contribution in [0.25, 0.3) is 0 Å². The first-order valence-corrected chi connectivity index (χ1v) is 13.6. The van der Waals surface area contributed by atoms with Crippen LogP contribution in [0.2, 0.25) is 0 Å². The van der Waals surface area contributed by atoms with Gasteiger partial charge in [0.15, 0.2) is 11.5 Å². The predicted molar refractivity (Wildman–Crippen MR) is 140 cm³/mol. The first-order valence-electron chi connectivity index (χ1n) is 13.6. The molecule has 7 nitrogen and oxygen atoms in total. The third-order valence-electron chi connectivity index (χ3n) is 7.44. The summed E-state index contributed by atoms with van der Waals surface area (Å²) < 4.78 is 29.2. The molecule has 1 aromatic rings. The minimum absolute atomic E-state index is 0.126. The number of ether oxygens (including phenoxy) is 5. The van der Waals surface area contributed by atoms with Crippen LogP contribution in [0.15, 0.2) is 12.1 Å². The largest absolute Gasteiger partial charge is 0.493 e. The van der Waals surface area contributed by atoms with Crippen molar-refractivity contribution in [3.05, 3.63) is 17.7 Å². The Morgan fingerprint density at radius 3 is 1.56 bits per heavy atom.